The van der Waals surface area contributed by atoms with Crippen molar-refractivity contribution in [2.24, 2.45) is 0 Å². The number of carbonyl (C=O) groups excluding carboxylic acids is 1. The maximum absolute atomic E-state index is 12.0. The van der Waals surface area contributed by atoms with Gasteiger partial charge in [0.2, 0.25) is 0 Å². The van der Waals surface area contributed by atoms with Crippen molar-refractivity contribution in [2.75, 3.05) is 5.73 Å². The molecule has 0 aliphatic heterocycles. The number of carbonyl (C=O) groups is 1. The molecule has 2 heterocycles. The lowest BCUT2D eigenvalue weighted by molar-refractivity contribution is 0.0935. The maximum atomic E-state index is 12.0. The second-order valence-electron chi connectivity index (χ2n) is 4.65. The van der Waals surface area contributed by atoms with Crippen molar-refractivity contribution in [1.82, 2.24) is 20.3 Å². The molecular weight excluding hydrogens is 290 g/mol. The molecular formula is C13H13N5O2S. The number of amides is 1. The van der Waals surface area contributed by atoms with Crippen LogP contribution in [0.15, 0.2) is 28.4 Å². The fourth-order valence-corrected chi connectivity index (χ4v) is 2.61. The van der Waals surface area contributed by atoms with Crippen LogP contribution in [0.5, 0.6) is 0 Å². The average Bonchev–Trinajstić information content (AvgIpc) is 3.02. The molecule has 0 saturated carbocycles. The predicted molar refractivity (Wildman–Crippen MR) is 81.3 cm³/mol. The second kappa shape index (κ2) is 5.06. The van der Waals surface area contributed by atoms with Crippen molar-refractivity contribution >= 4 is 33.4 Å². The zero-order chi connectivity index (χ0) is 15.0. The van der Waals surface area contributed by atoms with E-state index in [2.05, 4.69) is 20.3 Å². The highest BCUT2D eigenvalue weighted by Gasteiger charge is 2.14. The lowest BCUT2D eigenvalue weighted by Crippen LogP contribution is -2.26. The molecule has 0 fully saturated rings. The first-order valence-electron chi connectivity index (χ1n) is 6.27. The number of H-pyrrole nitrogens is 2. The van der Waals surface area contributed by atoms with Gasteiger partial charge in [-0.15, -0.1) is 11.3 Å². The monoisotopic (exact) mass is 303 g/mol. The molecule has 3 rings (SSSR count). The van der Waals surface area contributed by atoms with E-state index >= 15 is 0 Å². The number of imidazole rings is 1. The summed E-state index contributed by atoms with van der Waals surface area (Å²) >= 11 is 1.22. The van der Waals surface area contributed by atoms with Gasteiger partial charge < -0.3 is 21.0 Å². The zero-order valence-electron chi connectivity index (χ0n) is 11.1. The Kier molecular flexibility index (Phi) is 3.22. The Balaban J connectivity index is 1.81. The van der Waals surface area contributed by atoms with E-state index < -0.39 is 0 Å². The number of thiazole rings is 1. The van der Waals surface area contributed by atoms with E-state index in [1.54, 1.807) is 11.4 Å². The smallest absolute Gasteiger partial charge is 0.323 e. The van der Waals surface area contributed by atoms with E-state index in [1.165, 1.54) is 11.3 Å². The Morgan fingerprint density at radius 1 is 1.38 bits per heavy atom. The molecule has 5 N–H and O–H groups in total. The number of anilines is 1. The highest BCUT2D eigenvalue weighted by molar-refractivity contribution is 7.13. The summed E-state index contributed by atoms with van der Waals surface area (Å²) in [6, 6.07) is 5.26. The van der Waals surface area contributed by atoms with E-state index in [4.69, 9.17) is 5.73 Å². The quantitative estimate of drug-likeness (QED) is 0.585. The molecule has 8 heteroatoms. The van der Waals surface area contributed by atoms with E-state index in [9.17, 15) is 9.59 Å². The van der Waals surface area contributed by atoms with Gasteiger partial charge in [-0.05, 0) is 24.6 Å². The van der Waals surface area contributed by atoms with Gasteiger partial charge >= 0.3 is 5.69 Å². The molecule has 3 aromatic rings. The van der Waals surface area contributed by atoms with Gasteiger partial charge in [-0.1, -0.05) is 6.07 Å². The molecule has 0 aliphatic rings. The van der Waals surface area contributed by atoms with Crippen LogP contribution >= 0.6 is 11.3 Å². The number of hydrogen-bond donors (Lipinski definition) is 4. The van der Waals surface area contributed by atoms with Crippen molar-refractivity contribution in [2.45, 2.75) is 13.0 Å². The van der Waals surface area contributed by atoms with Crippen LogP contribution in [0.1, 0.15) is 29.0 Å². The summed E-state index contributed by atoms with van der Waals surface area (Å²) in [7, 11) is 0. The first-order valence-corrected chi connectivity index (χ1v) is 7.15. The van der Waals surface area contributed by atoms with Crippen molar-refractivity contribution in [3.05, 3.63) is 45.3 Å². The number of rotatable bonds is 3. The van der Waals surface area contributed by atoms with Gasteiger partial charge in [-0.25, -0.2) is 9.78 Å². The van der Waals surface area contributed by atoms with Gasteiger partial charge in [0.25, 0.3) is 5.91 Å². The van der Waals surface area contributed by atoms with Crippen molar-refractivity contribution in [1.29, 1.82) is 0 Å². The van der Waals surface area contributed by atoms with Crippen LogP contribution in [0.4, 0.5) is 5.13 Å². The van der Waals surface area contributed by atoms with Gasteiger partial charge in [-0.2, -0.15) is 0 Å². The normalized spacial score (nSPS) is 12.4. The first-order chi connectivity index (χ1) is 10.0. The van der Waals surface area contributed by atoms with Gasteiger partial charge in [0.05, 0.1) is 17.1 Å². The van der Waals surface area contributed by atoms with Crippen LogP contribution in [-0.4, -0.2) is 20.9 Å². The number of aromatic amines is 2. The number of nitrogens with one attached hydrogen (secondary N) is 3. The van der Waals surface area contributed by atoms with Gasteiger partial charge in [0.15, 0.2) is 5.13 Å². The Hall–Kier alpha value is -2.61. The molecule has 0 bridgehead atoms. The highest BCUT2D eigenvalue weighted by atomic mass is 32.1. The predicted octanol–water partition coefficient (Wildman–Crippen LogP) is 1.39. The summed E-state index contributed by atoms with van der Waals surface area (Å²) in [4.78, 5) is 32.6. The van der Waals surface area contributed by atoms with Crippen molar-refractivity contribution < 1.29 is 4.79 Å². The molecule has 1 unspecified atom stereocenters. The van der Waals surface area contributed by atoms with Crippen molar-refractivity contribution in [3.63, 3.8) is 0 Å². The first kappa shape index (κ1) is 13.4. The average molecular weight is 303 g/mol. The van der Waals surface area contributed by atoms with Gasteiger partial charge in [-0.3, -0.25) is 4.79 Å². The second-order valence-corrected chi connectivity index (χ2v) is 5.54. The van der Waals surface area contributed by atoms with Crippen LogP contribution in [0.2, 0.25) is 0 Å². The van der Waals surface area contributed by atoms with Crippen LogP contribution < -0.4 is 16.7 Å². The lowest BCUT2D eigenvalue weighted by atomic mass is 10.1. The third kappa shape index (κ3) is 2.65. The standard InChI is InChI=1S/C13H13N5O2S/c1-6(15-11(19)10-5-21-12(14)16-10)7-2-3-8-9(4-7)18-13(20)17-8/h2-6H,1H3,(H2,14,16)(H,15,19)(H2,17,18,20). The minimum Gasteiger partial charge on any atom is -0.375 e. The van der Waals surface area contributed by atoms with Crippen LogP contribution in [-0.2, 0) is 0 Å². The Morgan fingerprint density at radius 3 is 2.86 bits per heavy atom. The highest BCUT2D eigenvalue weighted by Crippen LogP contribution is 2.18. The molecule has 7 nitrogen and oxygen atoms in total. The minimum atomic E-state index is -0.280. The SMILES string of the molecule is CC(NC(=O)c1csc(N)n1)c1ccc2[nH]c(=O)[nH]c2c1. The molecule has 0 spiro atoms. The fourth-order valence-electron chi connectivity index (χ4n) is 2.07. The molecule has 2 aromatic heterocycles. The summed E-state index contributed by atoms with van der Waals surface area (Å²) in [6.07, 6.45) is 0. The Labute approximate surface area is 123 Å². The number of benzene rings is 1. The molecule has 0 radical (unpaired) electrons. The van der Waals surface area contributed by atoms with E-state index in [1.807, 2.05) is 19.1 Å². The fraction of sp³-hybridized carbons (Fsp3) is 0.154. The summed E-state index contributed by atoms with van der Waals surface area (Å²) in [5.74, 6) is -0.280. The number of nitrogens with zero attached hydrogens (tertiary/aromatic N) is 1. The Bertz CT molecular complexity index is 863. The van der Waals surface area contributed by atoms with Crippen molar-refractivity contribution in [3.8, 4) is 0 Å². The molecule has 108 valence electrons. The van der Waals surface area contributed by atoms with Crippen LogP contribution in [0.25, 0.3) is 11.0 Å². The largest absolute Gasteiger partial charge is 0.375 e. The maximum Gasteiger partial charge on any atom is 0.323 e. The summed E-state index contributed by atoms with van der Waals surface area (Å²) < 4.78 is 0. The van der Waals surface area contributed by atoms with Gasteiger partial charge in [0, 0.05) is 5.38 Å². The molecule has 1 amide bonds. The number of hydrogen-bond acceptors (Lipinski definition) is 5. The third-order valence-electron chi connectivity index (χ3n) is 3.14. The number of fused-ring (bicyclic) bond motifs is 1. The minimum absolute atomic E-state index is 0.219. The number of nitrogen functional groups attached to an aromatic ring is 1. The van der Waals surface area contributed by atoms with E-state index in [-0.39, 0.29) is 17.6 Å². The van der Waals surface area contributed by atoms with E-state index in [0.29, 0.717) is 16.3 Å². The summed E-state index contributed by atoms with van der Waals surface area (Å²) in [6.45, 7) is 1.86. The molecule has 1 aromatic carbocycles. The third-order valence-corrected chi connectivity index (χ3v) is 3.82. The van der Waals surface area contributed by atoms with E-state index in [0.717, 1.165) is 11.1 Å². The molecule has 0 aliphatic carbocycles. The molecule has 0 saturated heterocycles. The lowest BCUT2D eigenvalue weighted by Gasteiger charge is -2.13. The van der Waals surface area contributed by atoms with Crippen LogP contribution in [0.3, 0.4) is 0 Å². The topological polar surface area (TPSA) is 117 Å². The van der Waals surface area contributed by atoms with Gasteiger partial charge in [0.1, 0.15) is 5.69 Å². The number of aromatic nitrogens is 3. The van der Waals surface area contributed by atoms with Crippen LogP contribution in [0, 0.1) is 0 Å². The molecule has 1 atom stereocenters. The number of nitrogens with two attached hydrogens (primary N) is 1. The summed E-state index contributed by atoms with van der Waals surface area (Å²) in [5, 5.41) is 4.82. The summed E-state index contributed by atoms with van der Waals surface area (Å²) in [5.41, 5.74) is 7.89. The molecule has 21 heavy (non-hydrogen) atoms. The zero-order valence-corrected chi connectivity index (χ0v) is 12.0. The Morgan fingerprint density at radius 2 is 2.14 bits per heavy atom.